The lowest BCUT2D eigenvalue weighted by molar-refractivity contribution is 0.0531. The number of nitrogens with one attached hydrogen (secondary N) is 2. The maximum Gasteiger partial charge on any atom is 0.350 e. The standard InChI is InChI=1S/C22H32N4O3S/c1-7-28-21(27)19-15(4)25-20(30-19)16(5)26-22(23-6)24-12-17-8-10-18(11-9-17)13-29-14(2)3/h8-11,14,16H,7,12-13H2,1-6H3,(H2,23,24,26). The van der Waals surface area contributed by atoms with Gasteiger partial charge in [-0.1, -0.05) is 24.3 Å². The minimum absolute atomic E-state index is 0.0985. The van der Waals surface area contributed by atoms with Gasteiger partial charge in [-0.2, -0.15) is 0 Å². The molecule has 164 valence electrons. The summed E-state index contributed by atoms with van der Waals surface area (Å²) in [5, 5.41) is 7.45. The van der Waals surface area contributed by atoms with Gasteiger partial charge in [-0.25, -0.2) is 9.78 Å². The van der Waals surface area contributed by atoms with E-state index in [1.807, 2.05) is 27.7 Å². The molecule has 1 aromatic heterocycles. The van der Waals surface area contributed by atoms with Crippen molar-refractivity contribution >= 4 is 23.3 Å². The molecular formula is C22H32N4O3S. The number of nitrogens with zero attached hydrogens (tertiary/aromatic N) is 2. The third kappa shape index (κ3) is 7.11. The highest BCUT2D eigenvalue weighted by Crippen LogP contribution is 2.24. The Kier molecular flexibility index (Phi) is 9.26. The third-order valence-corrected chi connectivity index (χ3v) is 5.61. The van der Waals surface area contributed by atoms with E-state index in [9.17, 15) is 4.79 Å². The molecule has 1 atom stereocenters. The number of rotatable bonds is 9. The molecule has 0 saturated heterocycles. The van der Waals surface area contributed by atoms with Crippen LogP contribution in [-0.4, -0.2) is 36.7 Å². The molecule has 0 saturated carbocycles. The normalized spacial score (nSPS) is 12.7. The molecule has 30 heavy (non-hydrogen) atoms. The summed E-state index contributed by atoms with van der Waals surface area (Å²) < 4.78 is 10.7. The highest BCUT2D eigenvalue weighted by atomic mass is 32.1. The molecule has 0 spiro atoms. The molecular weight excluding hydrogens is 400 g/mol. The summed E-state index contributed by atoms with van der Waals surface area (Å²) in [6, 6.07) is 8.22. The van der Waals surface area contributed by atoms with E-state index in [4.69, 9.17) is 9.47 Å². The Bertz CT molecular complexity index is 847. The molecule has 7 nitrogen and oxygen atoms in total. The number of hydrogen-bond acceptors (Lipinski definition) is 6. The maximum atomic E-state index is 12.0. The summed E-state index contributed by atoms with van der Waals surface area (Å²) in [6.07, 6.45) is 0.220. The maximum absolute atomic E-state index is 12.0. The lowest BCUT2D eigenvalue weighted by Gasteiger charge is -2.16. The van der Waals surface area contributed by atoms with E-state index in [2.05, 4.69) is 44.9 Å². The molecule has 0 amide bonds. The van der Waals surface area contributed by atoms with E-state index in [-0.39, 0.29) is 18.1 Å². The molecule has 8 heteroatoms. The Hall–Kier alpha value is -2.45. The molecule has 2 aromatic rings. The zero-order valence-electron chi connectivity index (χ0n) is 18.6. The second-order valence-corrected chi connectivity index (χ2v) is 8.19. The van der Waals surface area contributed by atoms with Gasteiger partial charge in [0.05, 0.1) is 31.1 Å². The Balaban J connectivity index is 1.91. The van der Waals surface area contributed by atoms with Crippen LogP contribution in [0, 0.1) is 6.92 Å². The van der Waals surface area contributed by atoms with Crippen LogP contribution in [0.1, 0.15) is 65.2 Å². The number of aliphatic imine (C=N–C) groups is 1. The van der Waals surface area contributed by atoms with E-state index in [0.29, 0.717) is 36.3 Å². The summed E-state index contributed by atoms with van der Waals surface area (Å²) in [6.45, 7) is 11.3. The molecule has 2 rings (SSSR count). The number of guanidine groups is 1. The first kappa shape index (κ1) is 23.8. The second kappa shape index (κ2) is 11.7. The number of ether oxygens (including phenoxy) is 2. The molecule has 0 bridgehead atoms. The summed E-state index contributed by atoms with van der Waals surface area (Å²) in [4.78, 5) is 21.4. The smallest absolute Gasteiger partial charge is 0.350 e. The molecule has 0 aliphatic heterocycles. The van der Waals surface area contributed by atoms with Gasteiger partial charge in [-0.05, 0) is 45.7 Å². The van der Waals surface area contributed by atoms with Crippen LogP contribution in [0.15, 0.2) is 29.3 Å². The fraction of sp³-hybridized carbons (Fsp3) is 0.500. The number of aryl methyl sites for hydroxylation is 1. The van der Waals surface area contributed by atoms with Gasteiger partial charge < -0.3 is 20.1 Å². The van der Waals surface area contributed by atoms with Gasteiger partial charge in [-0.3, -0.25) is 4.99 Å². The van der Waals surface area contributed by atoms with E-state index in [1.54, 1.807) is 14.0 Å². The Morgan fingerprint density at radius 1 is 1.20 bits per heavy atom. The van der Waals surface area contributed by atoms with Crippen molar-refractivity contribution < 1.29 is 14.3 Å². The Labute approximate surface area is 182 Å². The number of aromatic nitrogens is 1. The van der Waals surface area contributed by atoms with E-state index in [1.165, 1.54) is 11.3 Å². The van der Waals surface area contributed by atoms with Gasteiger partial charge in [-0.15, -0.1) is 11.3 Å². The first-order valence-corrected chi connectivity index (χ1v) is 11.0. The number of thiazole rings is 1. The fourth-order valence-corrected chi connectivity index (χ4v) is 3.62. The summed E-state index contributed by atoms with van der Waals surface area (Å²) in [7, 11) is 1.73. The van der Waals surface area contributed by atoms with Crippen molar-refractivity contribution in [3.8, 4) is 0 Å². The predicted octanol–water partition coefficient (Wildman–Crippen LogP) is 3.98. The highest BCUT2D eigenvalue weighted by molar-refractivity contribution is 7.13. The van der Waals surface area contributed by atoms with Crippen molar-refractivity contribution in [2.75, 3.05) is 13.7 Å². The molecule has 1 aromatic carbocycles. The number of benzene rings is 1. The van der Waals surface area contributed by atoms with Gasteiger partial charge in [0.15, 0.2) is 5.96 Å². The molecule has 0 radical (unpaired) electrons. The van der Waals surface area contributed by atoms with E-state index < -0.39 is 0 Å². The number of hydrogen-bond donors (Lipinski definition) is 2. The molecule has 1 unspecified atom stereocenters. The average molecular weight is 433 g/mol. The first-order valence-electron chi connectivity index (χ1n) is 10.1. The molecule has 2 N–H and O–H groups in total. The van der Waals surface area contributed by atoms with Crippen LogP contribution in [0.5, 0.6) is 0 Å². The third-order valence-electron chi connectivity index (χ3n) is 4.29. The fourth-order valence-electron chi connectivity index (χ4n) is 2.65. The zero-order chi connectivity index (χ0) is 22.1. The van der Waals surface area contributed by atoms with Crippen LogP contribution in [0.3, 0.4) is 0 Å². The van der Waals surface area contributed by atoms with Crippen LogP contribution in [0.25, 0.3) is 0 Å². The van der Waals surface area contributed by atoms with Crippen molar-refractivity contribution in [3.63, 3.8) is 0 Å². The summed E-state index contributed by atoms with van der Waals surface area (Å²) in [5.41, 5.74) is 2.99. The van der Waals surface area contributed by atoms with Crippen LogP contribution in [0.4, 0.5) is 0 Å². The largest absolute Gasteiger partial charge is 0.462 e. The van der Waals surface area contributed by atoms with Crippen LogP contribution in [-0.2, 0) is 22.6 Å². The molecule has 1 heterocycles. The van der Waals surface area contributed by atoms with Gasteiger partial charge in [0.25, 0.3) is 0 Å². The monoisotopic (exact) mass is 432 g/mol. The first-order chi connectivity index (χ1) is 14.3. The van der Waals surface area contributed by atoms with Crippen molar-refractivity contribution in [2.45, 2.75) is 59.9 Å². The number of esters is 1. The van der Waals surface area contributed by atoms with Gasteiger partial charge in [0.1, 0.15) is 9.88 Å². The predicted molar refractivity (Wildman–Crippen MR) is 121 cm³/mol. The Morgan fingerprint density at radius 3 is 2.47 bits per heavy atom. The highest BCUT2D eigenvalue weighted by Gasteiger charge is 2.20. The lowest BCUT2D eigenvalue weighted by atomic mass is 10.1. The van der Waals surface area contributed by atoms with Gasteiger partial charge in [0, 0.05) is 13.6 Å². The molecule has 0 aliphatic carbocycles. The average Bonchev–Trinajstić information content (AvgIpc) is 3.12. The topological polar surface area (TPSA) is 84.8 Å². The van der Waals surface area contributed by atoms with Crippen LogP contribution < -0.4 is 10.6 Å². The van der Waals surface area contributed by atoms with Gasteiger partial charge in [0.2, 0.25) is 0 Å². The molecule has 0 fully saturated rings. The van der Waals surface area contributed by atoms with Crippen molar-refractivity contribution in [1.82, 2.24) is 15.6 Å². The van der Waals surface area contributed by atoms with Crippen molar-refractivity contribution in [3.05, 3.63) is 51.0 Å². The quantitative estimate of drug-likeness (QED) is 0.354. The second-order valence-electron chi connectivity index (χ2n) is 7.16. The SMILES string of the molecule is CCOC(=O)c1sc(C(C)NC(=NC)NCc2ccc(COC(C)C)cc2)nc1C. The minimum atomic E-state index is -0.323. The van der Waals surface area contributed by atoms with E-state index in [0.717, 1.165) is 16.1 Å². The summed E-state index contributed by atoms with van der Waals surface area (Å²) >= 11 is 1.35. The van der Waals surface area contributed by atoms with E-state index >= 15 is 0 Å². The Morgan fingerprint density at radius 2 is 1.87 bits per heavy atom. The van der Waals surface area contributed by atoms with Crippen molar-refractivity contribution in [1.29, 1.82) is 0 Å². The van der Waals surface area contributed by atoms with Crippen LogP contribution >= 0.6 is 11.3 Å². The number of carbonyl (C=O) groups is 1. The molecule has 0 aliphatic rings. The number of carbonyl (C=O) groups excluding carboxylic acids is 1. The zero-order valence-corrected chi connectivity index (χ0v) is 19.4. The van der Waals surface area contributed by atoms with Crippen LogP contribution in [0.2, 0.25) is 0 Å². The summed E-state index contributed by atoms with van der Waals surface area (Å²) in [5.74, 6) is 0.343. The van der Waals surface area contributed by atoms with Gasteiger partial charge >= 0.3 is 5.97 Å². The van der Waals surface area contributed by atoms with Crippen molar-refractivity contribution in [2.24, 2.45) is 4.99 Å². The minimum Gasteiger partial charge on any atom is -0.462 e. The lowest BCUT2D eigenvalue weighted by Crippen LogP contribution is -2.38.